The Hall–Kier alpha value is -2.63. The third-order valence-electron chi connectivity index (χ3n) is 4.75. The topological polar surface area (TPSA) is 61.8 Å². The summed E-state index contributed by atoms with van der Waals surface area (Å²) < 4.78 is 6.07. The van der Waals surface area contributed by atoms with Crippen LogP contribution in [0.25, 0.3) is 5.57 Å². The normalized spacial score (nSPS) is 14.2. The second kappa shape index (κ2) is 9.53. The number of carbonyl (C=O) groups is 1. The van der Waals surface area contributed by atoms with Gasteiger partial charge in [0, 0.05) is 18.7 Å². The fraction of sp³-hybridized carbons (Fsp3) is 0.348. The Morgan fingerprint density at radius 2 is 2.04 bits per heavy atom. The van der Waals surface area contributed by atoms with Crippen molar-refractivity contribution in [1.29, 1.82) is 0 Å². The maximum atomic E-state index is 12.1. The highest BCUT2D eigenvalue weighted by Gasteiger charge is 2.19. The first-order chi connectivity index (χ1) is 13.6. The molecule has 1 amide bonds. The molecule has 28 heavy (non-hydrogen) atoms. The van der Waals surface area contributed by atoms with Gasteiger partial charge in [-0.3, -0.25) is 4.79 Å². The van der Waals surface area contributed by atoms with Crippen molar-refractivity contribution in [3.05, 3.63) is 70.8 Å². The Labute approximate surface area is 166 Å². The van der Waals surface area contributed by atoms with Gasteiger partial charge in [0.25, 0.3) is 0 Å². The van der Waals surface area contributed by atoms with Gasteiger partial charge in [0.15, 0.2) is 0 Å². The second-order valence-electron chi connectivity index (χ2n) is 7.24. The fourth-order valence-corrected chi connectivity index (χ4v) is 3.36. The molecule has 1 aliphatic rings. The maximum Gasteiger partial charge on any atom is 0.224 e. The van der Waals surface area contributed by atoms with Crippen molar-refractivity contribution in [2.24, 2.45) is 0 Å². The highest BCUT2D eigenvalue weighted by molar-refractivity contribution is 5.86. The fourth-order valence-electron chi connectivity index (χ4n) is 3.36. The number of aliphatic hydroxyl groups excluding tert-OH is 1. The predicted octanol–water partition coefficient (Wildman–Crippen LogP) is 2.61. The predicted molar refractivity (Wildman–Crippen MR) is 111 cm³/mol. The van der Waals surface area contributed by atoms with E-state index in [0.717, 1.165) is 41.0 Å². The van der Waals surface area contributed by atoms with E-state index < -0.39 is 0 Å². The number of carbonyl (C=O) groups excluding carboxylic acids is 1. The summed E-state index contributed by atoms with van der Waals surface area (Å²) in [7, 11) is 4.14. The number of benzene rings is 2. The Morgan fingerprint density at radius 3 is 2.82 bits per heavy atom. The molecule has 0 radical (unpaired) electrons. The lowest BCUT2D eigenvalue weighted by Crippen LogP contribution is -2.27. The molecule has 5 nitrogen and oxygen atoms in total. The summed E-state index contributed by atoms with van der Waals surface area (Å²) in [6.07, 6.45) is 3.47. The monoisotopic (exact) mass is 380 g/mol. The number of aliphatic hydroxyl groups is 1. The Balaban J connectivity index is 1.96. The number of hydrogen-bond acceptors (Lipinski definition) is 4. The van der Waals surface area contributed by atoms with Crippen molar-refractivity contribution < 1.29 is 14.6 Å². The van der Waals surface area contributed by atoms with Gasteiger partial charge in [0.1, 0.15) is 12.4 Å². The van der Waals surface area contributed by atoms with Gasteiger partial charge in [-0.25, -0.2) is 0 Å². The van der Waals surface area contributed by atoms with Gasteiger partial charge in [0.2, 0.25) is 5.91 Å². The number of nitrogens with zero attached hydrogens (tertiary/aromatic N) is 1. The first-order valence-corrected chi connectivity index (χ1v) is 9.65. The molecule has 0 unspecified atom stereocenters. The van der Waals surface area contributed by atoms with Crippen molar-refractivity contribution in [2.75, 3.05) is 33.8 Å². The number of nitrogens with one attached hydrogen (secondary N) is 1. The van der Waals surface area contributed by atoms with E-state index in [-0.39, 0.29) is 25.5 Å². The molecule has 0 saturated heterocycles. The first-order valence-electron chi connectivity index (χ1n) is 9.65. The van der Waals surface area contributed by atoms with Crippen molar-refractivity contribution >= 4 is 11.5 Å². The molecule has 2 N–H and O–H groups in total. The van der Waals surface area contributed by atoms with E-state index in [1.807, 2.05) is 18.2 Å². The van der Waals surface area contributed by atoms with E-state index in [0.29, 0.717) is 6.61 Å². The molecule has 0 spiro atoms. The van der Waals surface area contributed by atoms with E-state index in [1.165, 1.54) is 5.56 Å². The zero-order chi connectivity index (χ0) is 19.9. The van der Waals surface area contributed by atoms with Crippen LogP contribution in [-0.2, 0) is 17.8 Å². The van der Waals surface area contributed by atoms with E-state index in [9.17, 15) is 4.79 Å². The minimum atomic E-state index is -0.0953. The minimum absolute atomic E-state index is 0.0562. The van der Waals surface area contributed by atoms with Crippen LogP contribution in [0, 0.1) is 0 Å². The summed E-state index contributed by atoms with van der Waals surface area (Å²) in [6, 6.07) is 14.3. The van der Waals surface area contributed by atoms with Gasteiger partial charge in [-0.2, -0.15) is 0 Å². The van der Waals surface area contributed by atoms with E-state index in [2.05, 4.69) is 54.7 Å². The molecule has 0 aromatic heterocycles. The highest BCUT2D eigenvalue weighted by atomic mass is 16.5. The van der Waals surface area contributed by atoms with Crippen LogP contribution >= 0.6 is 0 Å². The molecule has 0 saturated carbocycles. The van der Waals surface area contributed by atoms with Gasteiger partial charge in [-0.05, 0) is 54.9 Å². The number of hydrogen-bond donors (Lipinski definition) is 2. The smallest absolute Gasteiger partial charge is 0.224 e. The quantitative estimate of drug-likeness (QED) is 0.775. The summed E-state index contributed by atoms with van der Waals surface area (Å²) in [5.74, 6) is 0.744. The van der Waals surface area contributed by atoms with E-state index in [1.54, 1.807) is 0 Å². The maximum absolute atomic E-state index is 12.1. The van der Waals surface area contributed by atoms with Crippen molar-refractivity contribution in [3.63, 3.8) is 0 Å². The summed E-state index contributed by atoms with van der Waals surface area (Å²) >= 11 is 0. The largest absolute Gasteiger partial charge is 0.488 e. The lowest BCUT2D eigenvalue weighted by molar-refractivity contribution is -0.120. The number of ether oxygens (including phenoxy) is 1. The molecule has 5 heteroatoms. The summed E-state index contributed by atoms with van der Waals surface area (Å²) in [4.78, 5) is 14.2. The summed E-state index contributed by atoms with van der Waals surface area (Å²) in [6.45, 7) is 1.71. The van der Waals surface area contributed by atoms with Crippen molar-refractivity contribution in [2.45, 2.75) is 19.4 Å². The van der Waals surface area contributed by atoms with Crippen LogP contribution in [0.5, 0.6) is 5.75 Å². The van der Waals surface area contributed by atoms with Crippen molar-refractivity contribution in [1.82, 2.24) is 10.2 Å². The average molecular weight is 380 g/mol. The number of amides is 1. The zero-order valence-corrected chi connectivity index (χ0v) is 16.6. The van der Waals surface area contributed by atoms with Gasteiger partial charge in [0.05, 0.1) is 13.0 Å². The molecule has 148 valence electrons. The van der Waals surface area contributed by atoms with Crippen LogP contribution in [0.4, 0.5) is 0 Å². The lowest BCUT2D eigenvalue weighted by atomic mass is 9.92. The first kappa shape index (κ1) is 20.1. The number of fused-ring (bicyclic) bond motifs is 2. The second-order valence-corrected chi connectivity index (χ2v) is 7.24. The third kappa shape index (κ3) is 5.00. The molecular weight excluding hydrogens is 352 g/mol. The summed E-state index contributed by atoms with van der Waals surface area (Å²) in [5, 5.41) is 11.6. The Bertz CT molecular complexity index is 859. The molecule has 1 heterocycles. The Kier molecular flexibility index (Phi) is 6.85. The number of rotatable bonds is 7. The molecule has 1 aliphatic heterocycles. The standard InChI is InChI=1S/C23H28N2O3/c1-25(2)12-5-8-20-19-7-4-3-6-18(19)16-28-22-10-9-17(14-21(20)22)15-23(27)24-11-13-26/h3-4,6-10,14,26H,5,11-13,15-16H2,1-2H3,(H,24,27)/b20-8-. The molecule has 2 aromatic carbocycles. The van der Waals surface area contributed by atoms with Crippen LogP contribution in [0.2, 0.25) is 0 Å². The van der Waals surface area contributed by atoms with Crippen LogP contribution in [-0.4, -0.2) is 49.7 Å². The molecule has 0 fully saturated rings. The molecular formula is C23H28N2O3. The zero-order valence-electron chi connectivity index (χ0n) is 16.6. The van der Waals surface area contributed by atoms with Gasteiger partial charge in [-0.1, -0.05) is 36.4 Å². The Morgan fingerprint density at radius 1 is 1.21 bits per heavy atom. The van der Waals surface area contributed by atoms with Gasteiger partial charge < -0.3 is 20.1 Å². The lowest BCUT2D eigenvalue weighted by Gasteiger charge is -2.14. The molecule has 2 aromatic rings. The van der Waals surface area contributed by atoms with Gasteiger partial charge in [-0.15, -0.1) is 0 Å². The molecule has 3 rings (SSSR count). The van der Waals surface area contributed by atoms with Crippen molar-refractivity contribution in [3.8, 4) is 5.75 Å². The van der Waals surface area contributed by atoms with E-state index in [4.69, 9.17) is 9.84 Å². The molecule has 0 atom stereocenters. The van der Waals surface area contributed by atoms with Crippen LogP contribution in [0.3, 0.4) is 0 Å². The third-order valence-corrected chi connectivity index (χ3v) is 4.75. The summed E-state index contributed by atoms with van der Waals surface area (Å²) in [5.41, 5.74) is 5.45. The van der Waals surface area contributed by atoms with Crippen LogP contribution in [0.15, 0.2) is 48.5 Å². The van der Waals surface area contributed by atoms with Gasteiger partial charge >= 0.3 is 0 Å². The van der Waals surface area contributed by atoms with Crippen LogP contribution < -0.4 is 10.1 Å². The average Bonchev–Trinajstić information content (AvgIpc) is 2.83. The minimum Gasteiger partial charge on any atom is -0.488 e. The SMILES string of the molecule is CN(C)CC/C=C1/c2ccccc2COc2ccc(CC(=O)NCCO)cc21. The van der Waals surface area contributed by atoms with E-state index >= 15 is 0 Å². The molecule has 0 bridgehead atoms. The molecule has 0 aliphatic carbocycles. The van der Waals surface area contributed by atoms with Crippen LogP contribution in [0.1, 0.15) is 28.7 Å². The highest BCUT2D eigenvalue weighted by Crippen LogP contribution is 2.37.